The molecule has 1 aliphatic rings. The van der Waals surface area contributed by atoms with Crippen LogP contribution in [0.25, 0.3) is 0 Å². The summed E-state index contributed by atoms with van der Waals surface area (Å²) < 4.78 is 2.01. The number of aromatic nitrogens is 2. The van der Waals surface area contributed by atoms with Crippen LogP contribution in [0.15, 0.2) is 0 Å². The summed E-state index contributed by atoms with van der Waals surface area (Å²) in [5.74, 6) is 2.61. The van der Waals surface area contributed by atoms with Gasteiger partial charge < -0.3 is 5.32 Å². The van der Waals surface area contributed by atoms with Crippen molar-refractivity contribution in [2.75, 3.05) is 11.5 Å². The molecule has 4 heteroatoms. The second-order valence-electron chi connectivity index (χ2n) is 5.22. The van der Waals surface area contributed by atoms with Crippen molar-refractivity contribution in [2.24, 2.45) is 7.05 Å². The van der Waals surface area contributed by atoms with Gasteiger partial charge in [-0.3, -0.25) is 4.68 Å². The van der Waals surface area contributed by atoms with Crippen molar-refractivity contribution in [1.82, 2.24) is 15.1 Å². The fraction of sp³-hybridized carbons (Fsp3) is 0.786. The molecule has 1 fully saturated rings. The van der Waals surface area contributed by atoms with E-state index in [0.29, 0.717) is 12.1 Å². The molecule has 0 bridgehead atoms. The fourth-order valence-corrected chi connectivity index (χ4v) is 3.95. The Morgan fingerprint density at radius 3 is 2.56 bits per heavy atom. The van der Waals surface area contributed by atoms with Gasteiger partial charge in [-0.25, -0.2) is 0 Å². The summed E-state index contributed by atoms with van der Waals surface area (Å²) in [5.41, 5.74) is 3.90. The number of nitrogens with one attached hydrogen (secondary N) is 1. The summed E-state index contributed by atoms with van der Waals surface area (Å²) in [6.45, 7) is 6.57. The molecule has 0 radical (unpaired) electrons. The van der Waals surface area contributed by atoms with E-state index in [1.165, 1.54) is 41.3 Å². The molecule has 1 aliphatic heterocycles. The monoisotopic (exact) mass is 267 g/mol. The van der Waals surface area contributed by atoms with Crippen LogP contribution in [0.5, 0.6) is 0 Å². The minimum Gasteiger partial charge on any atom is -0.307 e. The van der Waals surface area contributed by atoms with Crippen LogP contribution in [0.1, 0.15) is 49.2 Å². The van der Waals surface area contributed by atoms with Gasteiger partial charge in [0.05, 0.1) is 5.69 Å². The summed E-state index contributed by atoms with van der Waals surface area (Å²) in [6.07, 6.45) is 3.75. The van der Waals surface area contributed by atoms with Gasteiger partial charge in [0, 0.05) is 30.4 Å². The Kier molecular flexibility index (Phi) is 4.73. The van der Waals surface area contributed by atoms with Crippen LogP contribution in [-0.4, -0.2) is 27.3 Å². The molecule has 3 nitrogen and oxygen atoms in total. The van der Waals surface area contributed by atoms with Crippen molar-refractivity contribution in [1.29, 1.82) is 0 Å². The van der Waals surface area contributed by atoms with E-state index in [1.807, 2.05) is 11.7 Å². The van der Waals surface area contributed by atoms with Crippen LogP contribution in [0.4, 0.5) is 0 Å². The molecule has 1 atom stereocenters. The van der Waals surface area contributed by atoms with Gasteiger partial charge in [0.15, 0.2) is 0 Å². The molecular formula is C14H25N3S. The normalized spacial score (nSPS) is 19.1. The predicted octanol–water partition coefficient (Wildman–Crippen LogP) is 2.97. The summed E-state index contributed by atoms with van der Waals surface area (Å²) in [5, 5.41) is 8.40. The van der Waals surface area contributed by atoms with Crippen LogP contribution in [0.2, 0.25) is 0 Å². The first-order valence-corrected chi connectivity index (χ1v) is 8.12. The highest BCUT2D eigenvalue weighted by molar-refractivity contribution is 7.99. The quantitative estimate of drug-likeness (QED) is 0.909. The Bertz CT molecular complexity index is 394. The van der Waals surface area contributed by atoms with Crippen molar-refractivity contribution in [3.8, 4) is 0 Å². The molecule has 0 spiro atoms. The maximum Gasteiger partial charge on any atom is 0.0644 e. The molecule has 0 aliphatic carbocycles. The van der Waals surface area contributed by atoms with E-state index in [0.717, 1.165) is 6.42 Å². The molecule has 0 unspecified atom stereocenters. The van der Waals surface area contributed by atoms with E-state index < -0.39 is 0 Å². The van der Waals surface area contributed by atoms with Crippen LogP contribution < -0.4 is 5.32 Å². The lowest BCUT2D eigenvalue weighted by Gasteiger charge is -2.28. The third-order valence-electron chi connectivity index (χ3n) is 3.98. The zero-order valence-electron chi connectivity index (χ0n) is 12.0. The number of rotatable bonds is 4. The molecule has 1 aromatic rings. The molecule has 2 rings (SSSR count). The molecule has 0 saturated carbocycles. The van der Waals surface area contributed by atoms with Crippen LogP contribution in [0.3, 0.4) is 0 Å². The van der Waals surface area contributed by atoms with E-state index in [2.05, 4.69) is 42.9 Å². The molecular weight excluding hydrogens is 242 g/mol. The standard InChI is InChI=1S/C14H25N3S/c1-5-13(15-12-6-8-18-9-7-12)14-10(2)16-17(4)11(14)3/h12-13,15H,5-9H2,1-4H3/t13-/m0/s1. The summed E-state index contributed by atoms with van der Waals surface area (Å²) >= 11 is 2.08. The highest BCUT2D eigenvalue weighted by atomic mass is 32.2. The Morgan fingerprint density at radius 1 is 1.39 bits per heavy atom. The first kappa shape index (κ1) is 13.9. The average molecular weight is 267 g/mol. The molecule has 2 heterocycles. The summed E-state index contributed by atoms with van der Waals surface area (Å²) in [4.78, 5) is 0. The number of aryl methyl sites for hydroxylation is 2. The Hall–Kier alpha value is -0.480. The Balaban J connectivity index is 2.12. The van der Waals surface area contributed by atoms with Crippen molar-refractivity contribution >= 4 is 11.8 Å². The minimum atomic E-state index is 0.465. The van der Waals surface area contributed by atoms with Crippen molar-refractivity contribution in [3.05, 3.63) is 17.0 Å². The number of nitrogens with zero attached hydrogens (tertiary/aromatic N) is 2. The zero-order chi connectivity index (χ0) is 13.1. The maximum atomic E-state index is 4.55. The van der Waals surface area contributed by atoms with Crippen molar-refractivity contribution < 1.29 is 0 Å². The van der Waals surface area contributed by atoms with Gasteiger partial charge in [0.1, 0.15) is 0 Å². The average Bonchev–Trinajstić information content (AvgIpc) is 2.62. The lowest BCUT2D eigenvalue weighted by Crippen LogP contribution is -2.35. The van der Waals surface area contributed by atoms with E-state index in [4.69, 9.17) is 0 Å². The highest BCUT2D eigenvalue weighted by Crippen LogP contribution is 2.26. The van der Waals surface area contributed by atoms with Gasteiger partial charge in [0.25, 0.3) is 0 Å². The maximum absolute atomic E-state index is 4.55. The number of thioether (sulfide) groups is 1. The van der Waals surface area contributed by atoms with Gasteiger partial charge in [-0.2, -0.15) is 16.9 Å². The fourth-order valence-electron chi connectivity index (χ4n) is 2.85. The molecule has 1 N–H and O–H groups in total. The number of hydrogen-bond donors (Lipinski definition) is 1. The summed E-state index contributed by atoms with van der Waals surface area (Å²) in [6, 6.07) is 1.15. The lowest BCUT2D eigenvalue weighted by atomic mass is 10.00. The summed E-state index contributed by atoms with van der Waals surface area (Å²) in [7, 11) is 2.04. The first-order valence-electron chi connectivity index (χ1n) is 6.97. The van der Waals surface area contributed by atoms with E-state index >= 15 is 0 Å². The highest BCUT2D eigenvalue weighted by Gasteiger charge is 2.22. The first-order chi connectivity index (χ1) is 8.63. The molecule has 0 aromatic carbocycles. The van der Waals surface area contributed by atoms with E-state index in [-0.39, 0.29) is 0 Å². The topological polar surface area (TPSA) is 29.9 Å². The van der Waals surface area contributed by atoms with E-state index in [9.17, 15) is 0 Å². The second-order valence-corrected chi connectivity index (χ2v) is 6.45. The van der Waals surface area contributed by atoms with Crippen LogP contribution >= 0.6 is 11.8 Å². The Morgan fingerprint density at radius 2 is 2.06 bits per heavy atom. The van der Waals surface area contributed by atoms with Gasteiger partial charge in [0.2, 0.25) is 0 Å². The predicted molar refractivity (Wildman–Crippen MR) is 79.2 cm³/mol. The minimum absolute atomic E-state index is 0.465. The third-order valence-corrected chi connectivity index (χ3v) is 5.03. The zero-order valence-corrected chi connectivity index (χ0v) is 12.8. The van der Waals surface area contributed by atoms with Crippen molar-refractivity contribution in [3.63, 3.8) is 0 Å². The Labute approximate surface area is 115 Å². The van der Waals surface area contributed by atoms with Gasteiger partial charge in [-0.15, -0.1) is 0 Å². The molecule has 0 amide bonds. The van der Waals surface area contributed by atoms with E-state index in [1.54, 1.807) is 0 Å². The SMILES string of the molecule is CC[C@H](NC1CCSCC1)c1c(C)nn(C)c1C. The second kappa shape index (κ2) is 6.11. The van der Waals surface area contributed by atoms with Crippen molar-refractivity contribution in [2.45, 2.75) is 52.1 Å². The molecule has 1 saturated heterocycles. The number of hydrogen-bond acceptors (Lipinski definition) is 3. The van der Waals surface area contributed by atoms with Gasteiger partial charge >= 0.3 is 0 Å². The van der Waals surface area contributed by atoms with Crippen LogP contribution in [-0.2, 0) is 7.05 Å². The largest absolute Gasteiger partial charge is 0.307 e. The van der Waals surface area contributed by atoms with Gasteiger partial charge in [-0.05, 0) is 44.6 Å². The third kappa shape index (κ3) is 2.91. The molecule has 18 heavy (non-hydrogen) atoms. The lowest BCUT2D eigenvalue weighted by molar-refractivity contribution is 0.404. The van der Waals surface area contributed by atoms with Crippen LogP contribution in [0, 0.1) is 13.8 Å². The molecule has 102 valence electrons. The molecule has 1 aromatic heterocycles. The van der Waals surface area contributed by atoms with Gasteiger partial charge in [-0.1, -0.05) is 6.92 Å². The smallest absolute Gasteiger partial charge is 0.0644 e.